The summed E-state index contributed by atoms with van der Waals surface area (Å²) in [6, 6.07) is -0.488. The van der Waals surface area contributed by atoms with Gasteiger partial charge in [0.15, 0.2) is 0 Å². The summed E-state index contributed by atoms with van der Waals surface area (Å²) in [5.41, 5.74) is -1.55. The molecule has 0 bridgehead atoms. The third kappa shape index (κ3) is 3.17. The van der Waals surface area contributed by atoms with Crippen LogP contribution in [-0.2, 0) is 19.1 Å². The summed E-state index contributed by atoms with van der Waals surface area (Å²) in [7, 11) is 0. The molecule has 2 aliphatic heterocycles. The first-order chi connectivity index (χ1) is 12.3. The molecule has 2 heterocycles. The van der Waals surface area contributed by atoms with E-state index >= 15 is 0 Å². The number of likely N-dealkylation sites (tertiary alicyclic amines) is 1. The number of rotatable bonds is 4. The van der Waals surface area contributed by atoms with Gasteiger partial charge in [-0.05, 0) is 33.1 Å². The Bertz CT molecular complexity index is 628. The Kier molecular flexibility index (Phi) is 4.94. The number of carbonyl (C=O) groups excluding carboxylic acids is 4. The minimum absolute atomic E-state index is 0.249. The van der Waals surface area contributed by atoms with Gasteiger partial charge < -0.3 is 15.0 Å². The molecular formula is C18H27N3O5. The summed E-state index contributed by atoms with van der Waals surface area (Å²) in [6.45, 7) is 4.22. The molecule has 26 heavy (non-hydrogen) atoms. The van der Waals surface area contributed by atoms with Crippen LogP contribution in [0.25, 0.3) is 0 Å². The van der Waals surface area contributed by atoms with Gasteiger partial charge in [-0.1, -0.05) is 19.3 Å². The van der Waals surface area contributed by atoms with Crippen LogP contribution in [0.4, 0.5) is 4.79 Å². The summed E-state index contributed by atoms with van der Waals surface area (Å²) in [4.78, 5) is 52.3. The number of ether oxygens (including phenoxy) is 1. The molecule has 0 aromatic heterocycles. The SMILES string of the molecule is CCOC(=O)[C@@]1(C)CCN(C(=O)CN2C(=O)NC3(CCCCC3)C2=O)C1. The van der Waals surface area contributed by atoms with Crippen LogP contribution in [0.15, 0.2) is 0 Å². The van der Waals surface area contributed by atoms with Crippen LogP contribution in [-0.4, -0.2) is 65.4 Å². The fourth-order valence-electron chi connectivity index (χ4n) is 4.20. The zero-order valence-corrected chi connectivity index (χ0v) is 15.5. The molecule has 1 N–H and O–H groups in total. The molecule has 0 unspecified atom stereocenters. The highest BCUT2D eigenvalue weighted by atomic mass is 16.5. The fourth-order valence-corrected chi connectivity index (χ4v) is 4.20. The molecule has 144 valence electrons. The zero-order valence-electron chi connectivity index (χ0n) is 15.5. The van der Waals surface area contributed by atoms with Gasteiger partial charge in [0.25, 0.3) is 5.91 Å². The van der Waals surface area contributed by atoms with Gasteiger partial charge in [0, 0.05) is 13.1 Å². The molecule has 3 fully saturated rings. The molecule has 3 rings (SSSR count). The normalized spacial score (nSPS) is 27.8. The lowest BCUT2D eigenvalue weighted by molar-refractivity contribution is -0.154. The largest absolute Gasteiger partial charge is 0.466 e. The second kappa shape index (κ2) is 6.89. The number of amides is 4. The molecule has 3 aliphatic rings. The van der Waals surface area contributed by atoms with Gasteiger partial charge in [0.1, 0.15) is 12.1 Å². The Hall–Kier alpha value is -2.12. The van der Waals surface area contributed by atoms with Gasteiger partial charge in [-0.25, -0.2) is 4.79 Å². The Morgan fingerprint density at radius 2 is 1.85 bits per heavy atom. The van der Waals surface area contributed by atoms with Gasteiger partial charge in [0.05, 0.1) is 12.0 Å². The molecule has 0 aromatic rings. The first-order valence-corrected chi connectivity index (χ1v) is 9.40. The number of hydrogen-bond acceptors (Lipinski definition) is 5. The minimum Gasteiger partial charge on any atom is -0.466 e. The predicted molar refractivity (Wildman–Crippen MR) is 92.0 cm³/mol. The summed E-state index contributed by atoms with van der Waals surface area (Å²) in [5, 5.41) is 2.81. The average molecular weight is 365 g/mol. The van der Waals surface area contributed by atoms with Crippen molar-refractivity contribution in [1.29, 1.82) is 0 Å². The number of imide groups is 1. The molecule has 0 aromatic carbocycles. The third-order valence-corrected chi connectivity index (χ3v) is 5.84. The summed E-state index contributed by atoms with van der Waals surface area (Å²) < 4.78 is 5.09. The topological polar surface area (TPSA) is 96.0 Å². The fraction of sp³-hybridized carbons (Fsp3) is 0.778. The van der Waals surface area contributed by atoms with E-state index in [4.69, 9.17) is 4.74 Å². The van der Waals surface area contributed by atoms with Crippen LogP contribution in [0.5, 0.6) is 0 Å². The Morgan fingerprint density at radius 3 is 2.50 bits per heavy atom. The number of urea groups is 1. The number of carbonyl (C=O) groups is 4. The summed E-state index contributed by atoms with van der Waals surface area (Å²) in [6.07, 6.45) is 4.64. The van der Waals surface area contributed by atoms with Crippen LogP contribution < -0.4 is 5.32 Å². The molecule has 1 aliphatic carbocycles. The molecule has 2 saturated heterocycles. The van der Waals surface area contributed by atoms with Crippen LogP contribution in [0.2, 0.25) is 0 Å². The van der Waals surface area contributed by atoms with E-state index in [1.54, 1.807) is 18.7 Å². The molecule has 1 saturated carbocycles. The molecular weight excluding hydrogens is 338 g/mol. The van der Waals surface area contributed by atoms with E-state index in [1.165, 1.54) is 0 Å². The molecule has 4 amide bonds. The maximum absolute atomic E-state index is 12.8. The van der Waals surface area contributed by atoms with Gasteiger partial charge in [-0.2, -0.15) is 0 Å². The molecule has 8 heteroatoms. The Labute approximate surface area is 153 Å². The number of hydrogen-bond donors (Lipinski definition) is 1. The van der Waals surface area contributed by atoms with Crippen molar-refractivity contribution in [2.24, 2.45) is 5.41 Å². The second-order valence-corrected chi connectivity index (χ2v) is 7.81. The monoisotopic (exact) mass is 365 g/mol. The highest BCUT2D eigenvalue weighted by Crippen LogP contribution is 2.34. The van der Waals surface area contributed by atoms with Crippen LogP contribution in [0.1, 0.15) is 52.4 Å². The summed E-state index contributed by atoms with van der Waals surface area (Å²) >= 11 is 0. The van der Waals surface area contributed by atoms with E-state index in [1.807, 2.05) is 0 Å². The van der Waals surface area contributed by atoms with Gasteiger partial charge >= 0.3 is 12.0 Å². The zero-order chi connectivity index (χ0) is 18.9. The predicted octanol–water partition coefficient (Wildman–Crippen LogP) is 1.04. The summed E-state index contributed by atoms with van der Waals surface area (Å²) in [5.74, 6) is -0.913. The van der Waals surface area contributed by atoms with E-state index in [0.717, 1.165) is 24.2 Å². The van der Waals surface area contributed by atoms with Crippen molar-refractivity contribution in [1.82, 2.24) is 15.1 Å². The minimum atomic E-state index is -0.819. The van der Waals surface area contributed by atoms with E-state index in [2.05, 4.69) is 5.32 Å². The van der Waals surface area contributed by atoms with Gasteiger partial charge in [0.2, 0.25) is 5.91 Å². The van der Waals surface area contributed by atoms with Crippen molar-refractivity contribution < 1.29 is 23.9 Å². The molecule has 0 radical (unpaired) electrons. The number of esters is 1. The lowest BCUT2D eigenvalue weighted by Crippen LogP contribution is -2.49. The van der Waals surface area contributed by atoms with Gasteiger partial charge in [-0.3, -0.25) is 19.3 Å². The van der Waals surface area contributed by atoms with Crippen molar-refractivity contribution in [2.45, 2.75) is 57.9 Å². The smallest absolute Gasteiger partial charge is 0.325 e. The Morgan fingerprint density at radius 1 is 1.15 bits per heavy atom. The van der Waals surface area contributed by atoms with Crippen molar-refractivity contribution in [2.75, 3.05) is 26.2 Å². The van der Waals surface area contributed by atoms with Crippen LogP contribution in [0.3, 0.4) is 0 Å². The Balaban J connectivity index is 1.63. The van der Waals surface area contributed by atoms with Crippen molar-refractivity contribution >= 4 is 23.8 Å². The van der Waals surface area contributed by atoms with Crippen molar-refractivity contribution in [3.8, 4) is 0 Å². The van der Waals surface area contributed by atoms with Crippen molar-refractivity contribution in [3.63, 3.8) is 0 Å². The van der Waals surface area contributed by atoms with Crippen molar-refractivity contribution in [3.05, 3.63) is 0 Å². The highest BCUT2D eigenvalue weighted by molar-refractivity contribution is 6.09. The molecule has 1 atom stereocenters. The van der Waals surface area contributed by atoms with E-state index < -0.39 is 17.0 Å². The third-order valence-electron chi connectivity index (χ3n) is 5.84. The second-order valence-electron chi connectivity index (χ2n) is 7.81. The lowest BCUT2D eigenvalue weighted by Gasteiger charge is -2.30. The van der Waals surface area contributed by atoms with Crippen LogP contribution in [0, 0.1) is 5.41 Å². The van der Waals surface area contributed by atoms with Crippen LogP contribution >= 0.6 is 0 Å². The number of nitrogens with one attached hydrogen (secondary N) is 1. The highest BCUT2D eigenvalue weighted by Gasteiger charge is 2.52. The maximum Gasteiger partial charge on any atom is 0.325 e. The van der Waals surface area contributed by atoms with E-state index in [0.29, 0.717) is 32.4 Å². The number of nitrogens with zero attached hydrogens (tertiary/aromatic N) is 2. The lowest BCUT2D eigenvalue weighted by atomic mass is 9.82. The standard InChI is InChI=1S/C18H27N3O5/c1-3-26-15(24)17(2)9-10-20(12-17)13(22)11-21-14(23)18(19-16(21)25)7-5-4-6-8-18/h3-12H2,1-2H3,(H,19,25)/t17-/m0/s1. The molecule has 8 nitrogen and oxygen atoms in total. The van der Waals surface area contributed by atoms with E-state index in [9.17, 15) is 19.2 Å². The first kappa shape index (κ1) is 18.7. The first-order valence-electron chi connectivity index (χ1n) is 9.40. The van der Waals surface area contributed by atoms with Gasteiger partial charge in [-0.15, -0.1) is 0 Å². The van der Waals surface area contributed by atoms with E-state index in [-0.39, 0.29) is 30.9 Å². The molecule has 1 spiro atoms. The average Bonchev–Trinajstić information content (AvgIpc) is 3.12. The quantitative estimate of drug-likeness (QED) is 0.593. The maximum atomic E-state index is 12.8.